The highest BCUT2D eigenvalue weighted by Crippen LogP contribution is 2.11. The van der Waals surface area contributed by atoms with Gasteiger partial charge in [-0.05, 0) is 38.1 Å². The molecular formula is C18H20N2O2. The number of carbonyl (C=O) groups excluding carboxylic acids is 2. The van der Waals surface area contributed by atoms with E-state index in [-0.39, 0.29) is 18.4 Å². The molecule has 114 valence electrons. The summed E-state index contributed by atoms with van der Waals surface area (Å²) in [6.07, 6.45) is 0. The van der Waals surface area contributed by atoms with Crippen LogP contribution < -0.4 is 5.32 Å². The molecule has 4 nitrogen and oxygen atoms in total. The van der Waals surface area contributed by atoms with E-state index in [1.165, 1.54) is 4.90 Å². The lowest BCUT2D eigenvalue weighted by Gasteiger charge is -2.17. The predicted molar refractivity (Wildman–Crippen MR) is 87.9 cm³/mol. The standard InChI is InChI=1S/C18H20N2O2/c1-13-9-14(2)11-15(10-13)18(22)20(3)12-17(21)19-16-7-5-4-6-8-16/h4-11H,12H2,1-3H3,(H,19,21). The summed E-state index contributed by atoms with van der Waals surface area (Å²) in [6.45, 7) is 3.92. The summed E-state index contributed by atoms with van der Waals surface area (Å²) >= 11 is 0. The maximum Gasteiger partial charge on any atom is 0.254 e. The molecule has 0 unspecified atom stereocenters. The molecule has 0 radical (unpaired) electrons. The average Bonchev–Trinajstić information content (AvgIpc) is 2.46. The first-order valence-corrected chi connectivity index (χ1v) is 7.14. The van der Waals surface area contributed by atoms with E-state index in [0.29, 0.717) is 5.56 Å². The summed E-state index contributed by atoms with van der Waals surface area (Å²) in [6, 6.07) is 14.9. The Hall–Kier alpha value is -2.62. The third-order valence-electron chi connectivity index (χ3n) is 3.25. The first-order valence-electron chi connectivity index (χ1n) is 7.14. The molecule has 0 bridgehead atoms. The number of nitrogens with zero attached hydrogens (tertiary/aromatic N) is 1. The highest BCUT2D eigenvalue weighted by molar-refractivity contribution is 5.99. The van der Waals surface area contributed by atoms with Crippen LogP contribution in [0.15, 0.2) is 48.5 Å². The number of amides is 2. The number of benzene rings is 2. The number of carbonyl (C=O) groups is 2. The first kappa shape index (κ1) is 15.8. The van der Waals surface area contributed by atoms with Gasteiger partial charge in [-0.3, -0.25) is 9.59 Å². The Bertz CT molecular complexity index is 660. The molecule has 0 atom stereocenters. The Morgan fingerprint density at radius 3 is 2.18 bits per heavy atom. The number of likely N-dealkylation sites (N-methyl/N-ethyl adjacent to an activating group) is 1. The topological polar surface area (TPSA) is 49.4 Å². The van der Waals surface area contributed by atoms with Gasteiger partial charge in [-0.2, -0.15) is 0 Å². The van der Waals surface area contributed by atoms with Crippen LogP contribution in [0.1, 0.15) is 21.5 Å². The van der Waals surface area contributed by atoms with Crippen LogP contribution in [0.3, 0.4) is 0 Å². The van der Waals surface area contributed by atoms with Crippen LogP contribution >= 0.6 is 0 Å². The normalized spacial score (nSPS) is 10.1. The van der Waals surface area contributed by atoms with Gasteiger partial charge in [0, 0.05) is 18.3 Å². The molecule has 0 aliphatic rings. The third-order valence-corrected chi connectivity index (χ3v) is 3.25. The second-order valence-corrected chi connectivity index (χ2v) is 5.45. The first-order chi connectivity index (χ1) is 10.5. The zero-order valence-electron chi connectivity index (χ0n) is 13.1. The lowest BCUT2D eigenvalue weighted by atomic mass is 10.1. The molecule has 2 amide bonds. The van der Waals surface area contributed by atoms with Gasteiger partial charge in [0.05, 0.1) is 6.54 Å². The molecule has 0 heterocycles. The summed E-state index contributed by atoms with van der Waals surface area (Å²) in [5, 5.41) is 2.77. The van der Waals surface area contributed by atoms with E-state index >= 15 is 0 Å². The van der Waals surface area contributed by atoms with Crippen molar-refractivity contribution in [3.63, 3.8) is 0 Å². The molecule has 0 aliphatic carbocycles. The number of rotatable bonds is 4. The average molecular weight is 296 g/mol. The van der Waals surface area contributed by atoms with Crippen molar-refractivity contribution in [1.82, 2.24) is 4.90 Å². The van der Waals surface area contributed by atoms with Gasteiger partial charge in [-0.1, -0.05) is 35.4 Å². The fraction of sp³-hybridized carbons (Fsp3) is 0.222. The summed E-state index contributed by atoms with van der Waals surface area (Å²) in [5.41, 5.74) is 3.39. The summed E-state index contributed by atoms with van der Waals surface area (Å²) < 4.78 is 0. The molecule has 0 aliphatic heterocycles. The van der Waals surface area contributed by atoms with Crippen molar-refractivity contribution in [3.8, 4) is 0 Å². The maximum atomic E-state index is 12.4. The molecule has 22 heavy (non-hydrogen) atoms. The van der Waals surface area contributed by atoms with E-state index in [4.69, 9.17) is 0 Å². The molecule has 0 saturated heterocycles. The molecule has 0 aromatic heterocycles. The lowest BCUT2D eigenvalue weighted by Crippen LogP contribution is -2.35. The lowest BCUT2D eigenvalue weighted by molar-refractivity contribution is -0.116. The van der Waals surface area contributed by atoms with Crippen LogP contribution in [0.5, 0.6) is 0 Å². The minimum Gasteiger partial charge on any atom is -0.332 e. The molecule has 2 rings (SSSR count). The largest absolute Gasteiger partial charge is 0.332 e. The summed E-state index contributed by atoms with van der Waals surface area (Å²) in [5.74, 6) is -0.374. The second-order valence-electron chi connectivity index (χ2n) is 5.45. The molecular weight excluding hydrogens is 276 g/mol. The second kappa shape index (κ2) is 6.89. The van der Waals surface area contributed by atoms with Crippen molar-refractivity contribution in [3.05, 3.63) is 65.2 Å². The van der Waals surface area contributed by atoms with Gasteiger partial charge in [0.25, 0.3) is 5.91 Å². The van der Waals surface area contributed by atoms with Crippen LogP contribution in [0.4, 0.5) is 5.69 Å². The molecule has 0 fully saturated rings. The fourth-order valence-corrected chi connectivity index (χ4v) is 2.33. The van der Waals surface area contributed by atoms with Gasteiger partial charge in [0.2, 0.25) is 5.91 Å². The van der Waals surface area contributed by atoms with E-state index < -0.39 is 0 Å². The molecule has 0 spiro atoms. The van der Waals surface area contributed by atoms with Crippen LogP contribution in [-0.4, -0.2) is 30.3 Å². The number of hydrogen-bond acceptors (Lipinski definition) is 2. The number of para-hydroxylation sites is 1. The number of anilines is 1. The van der Waals surface area contributed by atoms with Crippen molar-refractivity contribution < 1.29 is 9.59 Å². The van der Waals surface area contributed by atoms with E-state index in [2.05, 4.69) is 5.32 Å². The summed E-state index contributed by atoms with van der Waals surface area (Å²) in [7, 11) is 1.63. The van der Waals surface area contributed by atoms with E-state index in [1.807, 2.05) is 62.4 Å². The predicted octanol–water partition coefficient (Wildman–Crippen LogP) is 3.01. The Kier molecular flexibility index (Phi) is 4.94. The Balaban J connectivity index is 2.00. The quantitative estimate of drug-likeness (QED) is 0.943. The Labute approximate surface area is 130 Å². The van der Waals surface area contributed by atoms with Crippen molar-refractivity contribution in [2.75, 3.05) is 18.9 Å². The molecule has 4 heteroatoms. The van der Waals surface area contributed by atoms with E-state index in [1.54, 1.807) is 7.05 Å². The smallest absolute Gasteiger partial charge is 0.254 e. The SMILES string of the molecule is Cc1cc(C)cc(C(=O)N(C)CC(=O)Nc2ccccc2)c1. The molecule has 0 saturated carbocycles. The van der Waals surface area contributed by atoms with E-state index in [9.17, 15) is 9.59 Å². The molecule has 2 aromatic carbocycles. The number of aryl methyl sites for hydroxylation is 2. The number of hydrogen-bond donors (Lipinski definition) is 1. The minimum atomic E-state index is -0.216. The highest BCUT2D eigenvalue weighted by atomic mass is 16.2. The minimum absolute atomic E-state index is 0.0146. The van der Waals surface area contributed by atoms with Gasteiger partial charge in [0.15, 0.2) is 0 Å². The Morgan fingerprint density at radius 2 is 1.59 bits per heavy atom. The van der Waals surface area contributed by atoms with Gasteiger partial charge >= 0.3 is 0 Å². The fourth-order valence-electron chi connectivity index (χ4n) is 2.33. The summed E-state index contributed by atoms with van der Waals surface area (Å²) in [4.78, 5) is 25.8. The molecule has 1 N–H and O–H groups in total. The third kappa shape index (κ3) is 4.19. The van der Waals surface area contributed by atoms with Gasteiger partial charge in [-0.25, -0.2) is 0 Å². The van der Waals surface area contributed by atoms with Crippen molar-refractivity contribution >= 4 is 17.5 Å². The van der Waals surface area contributed by atoms with Crippen LogP contribution in [0.2, 0.25) is 0 Å². The molecule has 2 aromatic rings. The maximum absolute atomic E-state index is 12.4. The van der Waals surface area contributed by atoms with Crippen LogP contribution in [0, 0.1) is 13.8 Å². The van der Waals surface area contributed by atoms with Crippen LogP contribution in [0.25, 0.3) is 0 Å². The van der Waals surface area contributed by atoms with Crippen molar-refractivity contribution in [1.29, 1.82) is 0 Å². The highest BCUT2D eigenvalue weighted by Gasteiger charge is 2.15. The van der Waals surface area contributed by atoms with Crippen molar-refractivity contribution in [2.24, 2.45) is 0 Å². The van der Waals surface area contributed by atoms with Crippen LogP contribution in [-0.2, 0) is 4.79 Å². The van der Waals surface area contributed by atoms with Crippen molar-refractivity contribution in [2.45, 2.75) is 13.8 Å². The zero-order valence-corrected chi connectivity index (χ0v) is 13.1. The van der Waals surface area contributed by atoms with Gasteiger partial charge in [-0.15, -0.1) is 0 Å². The monoisotopic (exact) mass is 296 g/mol. The van der Waals surface area contributed by atoms with E-state index in [0.717, 1.165) is 16.8 Å². The Morgan fingerprint density at radius 1 is 1.00 bits per heavy atom. The number of nitrogens with one attached hydrogen (secondary N) is 1. The zero-order chi connectivity index (χ0) is 16.1. The van der Waals surface area contributed by atoms with Gasteiger partial charge in [0.1, 0.15) is 0 Å². The van der Waals surface area contributed by atoms with Gasteiger partial charge < -0.3 is 10.2 Å².